The molecule has 100 valence electrons. The van der Waals surface area contributed by atoms with E-state index in [1.807, 2.05) is 38.2 Å². The second-order valence-corrected chi connectivity index (χ2v) is 5.02. The maximum atomic E-state index is 6.14. The smallest absolute Gasteiger partial charge is 0.144 e. The lowest BCUT2D eigenvalue weighted by Gasteiger charge is -2.16. The van der Waals surface area contributed by atoms with Gasteiger partial charge in [-0.3, -0.25) is 4.90 Å². The molecule has 0 unspecified atom stereocenters. The van der Waals surface area contributed by atoms with Crippen molar-refractivity contribution in [2.75, 3.05) is 12.8 Å². The second kappa shape index (κ2) is 5.99. The first-order valence-corrected chi connectivity index (χ1v) is 6.44. The first-order valence-electron chi connectivity index (χ1n) is 6.06. The molecule has 2 aromatic rings. The normalized spacial score (nSPS) is 10.9. The Labute approximate surface area is 118 Å². The van der Waals surface area contributed by atoms with Gasteiger partial charge in [0.05, 0.1) is 6.54 Å². The average molecular weight is 277 g/mol. The van der Waals surface area contributed by atoms with Crippen LogP contribution in [0, 0.1) is 6.92 Å². The fraction of sp³-hybridized carbons (Fsp3) is 0.286. The zero-order valence-electron chi connectivity index (χ0n) is 11.1. The lowest BCUT2D eigenvalue weighted by molar-refractivity contribution is 0.310. The standard InChI is InChI=1S/C14H17ClN4/c1-10-7-13(16)18-14(17-10)9-19(2)8-11-5-3-4-6-12(11)15/h3-7H,8-9H2,1-2H3,(H2,16,17,18). The number of nitrogens with zero attached hydrogens (tertiary/aromatic N) is 3. The van der Waals surface area contributed by atoms with Crippen molar-refractivity contribution in [2.24, 2.45) is 0 Å². The van der Waals surface area contributed by atoms with Crippen LogP contribution in [-0.4, -0.2) is 21.9 Å². The molecule has 4 nitrogen and oxygen atoms in total. The highest BCUT2D eigenvalue weighted by Crippen LogP contribution is 2.17. The monoisotopic (exact) mass is 276 g/mol. The Hall–Kier alpha value is -1.65. The number of nitrogen functional groups attached to an aromatic ring is 1. The number of anilines is 1. The minimum absolute atomic E-state index is 0.508. The third-order valence-corrected chi connectivity index (χ3v) is 3.10. The minimum atomic E-state index is 0.508. The number of hydrogen-bond donors (Lipinski definition) is 1. The molecule has 1 aromatic carbocycles. The first kappa shape index (κ1) is 13.8. The molecule has 0 aliphatic rings. The molecule has 5 heteroatoms. The fourth-order valence-corrected chi connectivity index (χ4v) is 2.14. The number of rotatable bonds is 4. The molecule has 0 atom stereocenters. The van der Waals surface area contributed by atoms with Gasteiger partial charge >= 0.3 is 0 Å². The van der Waals surface area contributed by atoms with E-state index in [1.54, 1.807) is 6.07 Å². The highest BCUT2D eigenvalue weighted by molar-refractivity contribution is 6.31. The van der Waals surface area contributed by atoms with E-state index in [-0.39, 0.29) is 0 Å². The Balaban J connectivity index is 2.05. The van der Waals surface area contributed by atoms with Crippen LogP contribution < -0.4 is 5.73 Å². The van der Waals surface area contributed by atoms with Crippen LogP contribution in [0.5, 0.6) is 0 Å². The molecule has 0 radical (unpaired) electrons. The van der Waals surface area contributed by atoms with Crippen LogP contribution in [0.1, 0.15) is 17.1 Å². The SMILES string of the molecule is Cc1cc(N)nc(CN(C)Cc2ccccc2Cl)n1. The van der Waals surface area contributed by atoms with Crippen molar-refractivity contribution in [3.05, 3.63) is 52.4 Å². The van der Waals surface area contributed by atoms with Crippen molar-refractivity contribution >= 4 is 17.4 Å². The topological polar surface area (TPSA) is 55.0 Å². The van der Waals surface area contributed by atoms with Gasteiger partial charge < -0.3 is 5.73 Å². The number of aromatic nitrogens is 2. The minimum Gasteiger partial charge on any atom is -0.384 e. The summed E-state index contributed by atoms with van der Waals surface area (Å²) in [5.41, 5.74) is 7.69. The van der Waals surface area contributed by atoms with Crippen LogP contribution in [-0.2, 0) is 13.1 Å². The van der Waals surface area contributed by atoms with Crippen molar-refractivity contribution in [2.45, 2.75) is 20.0 Å². The average Bonchev–Trinajstić information content (AvgIpc) is 2.30. The zero-order chi connectivity index (χ0) is 13.8. The van der Waals surface area contributed by atoms with Gasteiger partial charge in [0.25, 0.3) is 0 Å². The maximum Gasteiger partial charge on any atom is 0.144 e. The van der Waals surface area contributed by atoms with Gasteiger partial charge in [-0.15, -0.1) is 0 Å². The number of benzene rings is 1. The summed E-state index contributed by atoms with van der Waals surface area (Å²) in [4.78, 5) is 10.7. The number of halogens is 1. The van der Waals surface area contributed by atoms with Crippen molar-refractivity contribution in [1.82, 2.24) is 14.9 Å². The van der Waals surface area contributed by atoms with Crippen molar-refractivity contribution in [3.63, 3.8) is 0 Å². The molecule has 2 rings (SSSR count). The van der Waals surface area contributed by atoms with Gasteiger partial charge in [0.1, 0.15) is 11.6 Å². The van der Waals surface area contributed by atoms with Crippen molar-refractivity contribution < 1.29 is 0 Å². The lowest BCUT2D eigenvalue weighted by Crippen LogP contribution is -2.19. The van der Waals surface area contributed by atoms with Crippen LogP contribution in [0.4, 0.5) is 5.82 Å². The number of nitrogens with two attached hydrogens (primary N) is 1. The molecule has 0 saturated carbocycles. The van der Waals surface area contributed by atoms with E-state index in [0.717, 1.165) is 28.6 Å². The van der Waals surface area contributed by atoms with Gasteiger partial charge in [-0.2, -0.15) is 0 Å². The molecule has 0 aliphatic heterocycles. The Kier molecular flexibility index (Phi) is 4.35. The predicted molar refractivity (Wildman–Crippen MR) is 77.8 cm³/mol. The molecule has 0 aliphatic carbocycles. The highest BCUT2D eigenvalue weighted by atomic mass is 35.5. The Morgan fingerprint density at radius 1 is 1.21 bits per heavy atom. The molecule has 0 saturated heterocycles. The Morgan fingerprint density at radius 3 is 2.63 bits per heavy atom. The summed E-state index contributed by atoms with van der Waals surface area (Å²) < 4.78 is 0. The van der Waals surface area contributed by atoms with Crippen LogP contribution in [0.2, 0.25) is 5.02 Å². The molecule has 1 heterocycles. The highest BCUT2D eigenvalue weighted by Gasteiger charge is 2.07. The summed E-state index contributed by atoms with van der Waals surface area (Å²) in [6, 6.07) is 9.58. The maximum absolute atomic E-state index is 6.14. The van der Waals surface area contributed by atoms with E-state index in [4.69, 9.17) is 17.3 Å². The van der Waals surface area contributed by atoms with E-state index in [9.17, 15) is 0 Å². The van der Waals surface area contributed by atoms with Crippen LogP contribution in [0.25, 0.3) is 0 Å². The summed E-state index contributed by atoms with van der Waals surface area (Å²) in [5.74, 6) is 1.24. The predicted octanol–water partition coefficient (Wildman–Crippen LogP) is 2.65. The molecule has 0 fully saturated rings. The molecule has 1 aromatic heterocycles. The van der Waals surface area contributed by atoms with Gasteiger partial charge in [0, 0.05) is 23.3 Å². The van der Waals surface area contributed by atoms with Gasteiger partial charge in [-0.05, 0) is 25.6 Å². The molecule has 0 spiro atoms. The molecular weight excluding hydrogens is 260 g/mol. The van der Waals surface area contributed by atoms with E-state index >= 15 is 0 Å². The number of aryl methyl sites for hydroxylation is 1. The van der Waals surface area contributed by atoms with Gasteiger partial charge in [0.15, 0.2) is 0 Å². The molecular formula is C14H17ClN4. The van der Waals surface area contributed by atoms with E-state index < -0.39 is 0 Å². The largest absolute Gasteiger partial charge is 0.384 e. The van der Waals surface area contributed by atoms with E-state index in [2.05, 4.69) is 14.9 Å². The van der Waals surface area contributed by atoms with Crippen LogP contribution in [0.3, 0.4) is 0 Å². The summed E-state index contributed by atoms with van der Waals surface area (Å²) in [6.07, 6.45) is 0. The summed E-state index contributed by atoms with van der Waals surface area (Å²) in [6.45, 7) is 3.30. The molecule has 0 bridgehead atoms. The third kappa shape index (κ3) is 3.91. The van der Waals surface area contributed by atoms with E-state index in [0.29, 0.717) is 12.4 Å². The Morgan fingerprint density at radius 2 is 1.95 bits per heavy atom. The van der Waals surface area contributed by atoms with Gasteiger partial charge in [0.2, 0.25) is 0 Å². The number of hydrogen-bond acceptors (Lipinski definition) is 4. The summed E-state index contributed by atoms with van der Waals surface area (Å²) >= 11 is 6.14. The van der Waals surface area contributed by atoms with E-state index in [1.165, 1.54) is 0 Å². The fourth-order valence-electron chi connectivity index (χ4n) is 1.94. The Bertz CT molecular complexity index is 551. The van der Waals surface area contributed by atoms with Gasteiger partial charge in [-0.25, -0.2) is 9.97 Å². The summed E-state index contributed by atoms with van der Waals surface area (Å²) in [7, 11) is 2.01. The lowest BCUT2D eigenvalue weighted by atomic mass is 10.2. The first-order chi connectivity index (χ1) is 9.04. The molecule has 2 N–H and O–H groups in total. The van der Waals surface area contributed by atoms with Crippen molar-refractivity contribution in [1.29, 1.82) is 0 Å². The quantitative estimate of drug-likeness (QED) is 0.933. The van der Waals surface area contributed by atoms with Gasteiger partial charge in [-0.1, -0.05) is 29.8 Å². The van der Waals surface area contributed by atoms with Crippen LogP contribution >= 0.6 is 11.6 Å². The summed E-state index contributed by atoms with van der Waals surface area (Å²) in [5, 5.41) is 0.777. The van der Waals surface area contributed by atoms with Crippen molar-refractivity contribution in [3.8, 4) is 0 Å². The molecule has 0 amide bonds. The zero-order valence-corrected chi connectivity index (χ0v) is 11.9. The third-order valence-electron chi connectivity index (χ3n) is 2.73. The second-order valence-electron chi connectivity index (χ2n) is 4.61. The van der Waals surface area contributed by atoms with Crippen LogP contribution in [0.15, 0.2) is 30.3 Å². The molecule has 19 heavy (non-hydrogen) atoms.